The Bertz CT molecular complexity index is 741. The highest BCUT2D eigenvalue weighted by Gasteiger charge is 2.29. The van der Waals surface area contributed by atoms with Gasteiger partial charge in [0.1, 0.15) is 6.04 Å². The molecule has 5 nitrogen and oxygen atoms in total. The molecule has 0 aliphatic rings. The van der Waals surface area contributed by atoms with Crippen molar-refractivity contribution in [2.24, 2.45) is 5.92 Å². The Labute approximate surface area is 158 Å². The van der Waals surface area contributed by atoms with E-state index in [0.29, 0.717) is 12.3 Å². The number of hydrogen-bond acceptors (Lipinski definition) is 4. The van der Waals surface area contributed by atoms with Crippen LogP contribution in [0.15, 0.2) is 35.7 Å². The van der Waals surface area contributed by atoms with Gasteiger partial charge in [-0.25, -0.2) is 9.78 Å². The number of aromatic nitrogens is 1. The summed E-state index contributed by atoms with van der Waals surface area (Å²) in [6.45, 7) is 7.74. The van der Waals surface area contributed by atoms with Gasteiger partial charge in [-0.3, -0.25) is 4.79 Å². The minimum absolute atomic E-state index is 0.195. The zero-order valence-corrected chi connectivity index (χ0v) is 16.4. The second kappa shape index (κ2) is 8.94. The fourth-order valence-electron chi connectivity index (χ4n) is 2.71. The van der Waals surface area contributed by atoms with Crippen molar-refractivity contribution in [2.45, 2.75) is 52.0 Å². The van der Waals surface area contributed by atoms with Crippen LogP contribution in [0.1, 0.15) is 55.8 Å². The largest absolute Gasteiger partial charge is 0.480 e. The Morgan fingerprint density at radius 3 is 2.31 bits per heavy atom. The number of amides is 1. The first-order valence-electron chi connectivity index (χ1n) is 8.82. The first-order valence-corrected chi connectivity index (χ1v) is 9.70. The molecule has 0 aliphatic heterocycles. The van der Waals surface area contributed by atoms with Crippen LogP contribution in [0.25, 0.3) is 0 Å². The molecule has 1 unspecified atom stereocenters. The van der Waals surface area contributed by atoms with Gasteiger partial charge in [-0.15, -0.1) is 11.3 Å². The molecule has 26 heavy (non-hydrogen) atoms. The fraction of sp³-hybridized carbons (Fsp3) is 0.450. The molecule has 2 atom stereocenters. The molecule has 0 saturated carbocycles. The molecule has 0 radical (unpaired) electrons. The number of rotatable bonds is 8. The molecular formula is C20H26N2O3S. The lowest BCUT2D eigenvalue weighted by molar-refractivity contribution is -0.143. The van der Waals surface area contributed by atoms with Gasteiger partial charge in [0.05, 0.1) is 16.6 Å². The molecule has 0 spiro atoms. The van der Waals surface area contributed by atoms with Crippen LogP contribution in [0.4, 0.5) is 0 Å². The zero-order chi connectivity index (χ0) is 19.3. The second-order valence-corrected chi connectivity index (χ2v) is 7.96. The van der Waals surface area contributed by atoms with Crippen molar-refractivity contribution in [1.29, 1.82) is 0 Å². The number of hydrogen-bond donors (Lipinski definition) is 2. The smallest absolute Gasteiger partial charge is 0.326 e. The number of nitrogens with one attached hydrogen (secondary N) is 1. The number of benzene rings is 1. The summed E-state index contributed by atoms with van der Waals surface area (Å²) in [6.07, 6.45) is 0.448. The summed E-state index contributed by atoms with van der Waals surface area (Å²) in [7, 11) is 0. The van der Waals surface area contributed by atoms with Gasteiger partial charge in [0.15, 0.2) is 0 Å². The van der Waals surface area contributed by atoms with Crippen LogP contribution in [-0.2, 0) is 16.0 Å². The maximum absolute atomic E-state index is 12.9. The average molecular weight is 375 g/mol. The molecular weight excluding hydrogens is 348 g/mol. The number of nitrogens with zero attached hydrogens (tertiary/aromatic N) is 1. The Kier molecular flexibility index (Phi) is 6.91. The van der Waals surface area contributed by atoms with E-state index in [-0.39, 0.29) is 11.8 Å². The third-order valence-electron chi connectivity index (χ3n) is 4.23. The highest BCUT2D eigenvalue weighted by Crippen LogP contribution is 2.25. The topological polar surface area (TPSA) is 79.3 Å². The molecule has 1 aromatic heterocycles. The van der Waals surface area contributed by atoms with Gasteiger partial charge in [-0.1, -0.05) is 58.0 Å². The third kappa shape index (κ3) is 5.14. The standard InChI is InChI=1S/C20H26N2O3S/c1-12(2)17(20(24)25)22-18(23)16(14-8-6-5-7-9-14)10-15-11-26-19(21-15)13(3)4/h5-9,11-13,16-17H,10H2,1-4H3,(H,22,23)(H,24,25)/t16?,17-/m0/s1. The van der Waals surface area contributed by atoms with E-state index in [1.54, 1.807) is 25.2 Å². The van der Waals surface area contributed by atoms with Crippen molar-refractivity contribution < 1.29 is 14.7 Å². The van der Waals surface area contributed by atoms with E-state index in [1.807, 2.05) is 35.7 Å². The van der Waals surface area contributed by atoms with Crippen molar-refractivity contribution >= 4 is 23.2 Å². The lowest BCUT2D eigenvalue weighted by Gasteiger charge is -2.22. The van der Waals surface area contributed by atoms with E-state index >= 15 is 0 Å². The van der Waals surface area contributed by atoms with Gasteiger partial charge in [0, 0.05) is 17.7 Å². The maximum atomic E-state index is 12.9. The monoisotopic (exact) mass is 374 g/mol. The van der Waals surface area contributed by atoms with Crippen molar-refractivity contribution in [3.63, 3.8) is 0 Å². The molecule has 2 N–H and O–H groups in total. The number of aliphatic carboxylic acids is 1. The molecule has 140 valence electrons. The van der Waals surface area contributed by atoms with Crippen LogP contribution in [0, 0.1) is 5.92 Å². The summed E-state index contributed by atoms with van der Waals surface area (Å²) < 4.78 is 0. The predicted molar refractivity (Wildman–Crippen MR) is 103 cm³/mol. The normalized spacial score (nSPS) is 13.6. The Hall–Kier alpha value is -2.21. The van der Waals surface area contributed by atoms with E-state index in [9.17, 15) is 14.7 Å². The molecule has 6 heteroatoms. The minimum Gasteiger partial charge on any atom is -0.480 e. The lowest BCUT2D eigenvalue weighted by Crippen LogP contribution is -2.46. The lowest BCUT2D eigenvalue weighted by atomic mass is 9.92. The number of thiazole rings is 1. The van der Waals surface area contributed by atoms with Crippen LogP contribution >= 0.6 is 11.3 Å². The second-order valence-electron chi connectivity index (χ2n) is 7.07. The molecule has 1 aromatic carbocycles. The molecule has 0 aliphatic carbocycles. The van der Waals surface area contributed by atoms with Crippen LogP contribution in [0.2, 0.25) is 0 Å². The molecule has 2 aromatic rings. The van der Waals surface area contributed by atoms with Gasteiger partial charge < -0.3 is 10.4 Å². The summed E-state index contributed by atoms with van der Waals surface area (Å²) >= 11 is 1.59. The number of carboxylic acids is 1. The van der Waals surface area contributed by atoms with Crippen molar-refractivity contribution in [1.82, 2.24) is 10.3 Å². The highest BCUT2D eigenvalue weighted by molar-refractivity contribution is 7.09. The molecule has 1 amide bonds. The average Bonchev–Trinajstić information content (AvgIpc) is 3.06. The van der Waals surface area contributed by atoms with Crippen LogP contribution in [0.5, 0.6) is 0 Å². The van der Waals surface area contributed by atoms with Gasteiger partial charge >= 0.3 is 5.97 Å². The van der Waals surface area contributed by atoms with Crippen molar-refractivity contribution in [2.75, 3.05) is 0 Å². The van der Waals surface area contributed by atoms with Crippen LogP contribution in [0.3, 0.4) is 0 Å². The van der Waals surface area contributed by atoms with E-state index in [4.69, 9.17) is 0 Å². The summed E-state index contributed by atoms with van der Waals surface area (Å²) in [5.74, 6) is -1.62. The summed E-state index contributed by atoms with van der Waals surface area (Å²) in [4.78, 5) is 29.0. The summed E-state index contributed by atoms with van der Waals surface area (Å²) in [5.41, 5.74) is 1.72. The molecule has 0 fully saturated rings. The van der Waals surface area contributed by atoms with Crippen molar-refractivity contribution in [3.8, 4) is 0 Å². The van der Waals surface area contributed by atoms with Crippen molar-refractivity contribution in [3.05, 3.63) is 52.0 Å². The highest BCUT2D eigenvalue weighted by atomic mass is 32.1. The fourth-order valence-corrected chi connectivity index (χ4v) is 3.55. The van der Waals surface area contributed by atoms with Gasteiger partial charge in [-0.05, 0) is 11.5 Å². The zero-order valence-electron chi connectivity index (χ0n) is 15.6. The predicted octanol–water partition coefficient (Wildman–Crippen LogP) is 3.82. The molecule has 0 bridgehead atoms. The molecule has 2 rings (SSSR count). The number of carboxylic acid groups (broad SMARTS) is 1. The van der Waals surface area contributed by atoms with Gasteiger partial charge in [-0.2, -0.15) is 0 Å². The first-order chi connectivity index (χ1) is 12.3. The van der Waals surface area contributed by atoms with E-state index < -0.39 is 17.9 Å². The number of carbonyl (C=O) groups is 2. The minimum atomic E-state index is -1.02. The van der Waals surface area contributed by atoms with Crippen LogP contribution < -0.4 is 5.32 Å². The third-order valence-corrected chi connectivity index (χ3v) is 5.42. The quantitative estimate of drug-likeness (QED) is 0.736. The van der Waals surface area contributed by atoms with E-state index in [2.05, 4.69) is 24.1 Å². The summed E-state index contributed by atoms with van der Waals surface area (Å²) in [5, 5.41) is 15.1. The Morgan fingerprint density at radius 1 is 1.15 bits per heavy atom. The van der Waals surface area contributed by atoms with E-state index in [1.165, 1.54) is 0 Å². The van der Waals surface area contributed by atoms with Gasteiger partial charge in [0.2, 0.25) is 5.91 Å². The van der Waals surface area contributed by atoms with Gasteiger partial charge in [0.25, 0.3) is 0 Å². The van der Waals surface area contributed by atoms with E-state index in [0.717, 1.165) is 16.3 Å². The Morgan fingerprint density at radius 2 is 1.81 bits per heavy atom. The molecule has 1 heterocycles. The first kappa shape index (κ1) is 20.1. The number of carbonyl (C=O) groups excluding carboxylic acids is 1. The maximum Gasteiger partial charge on any atom is 0.326 e. The Balaban J connectivity index is 2.26. The SMILES string of the molecule is CC(C)c1nc(CC(C(=O)N[C@H](C(=O)O)C(C)C)c2ccccc2)cs1. The summed E-state index contributed by atoms with van der Waals surface area (Å²) in [6, 6.07) is 8.54. The van der Waals surface area contributed by atoms with Crippen LogP contribution in [-0.4, -0.2) is 28.0 Å². The molecule has 0 saturated heterocycles.